The number of rotatable bonds is 8. The molecule has 0 spiro atoms. The zero-order valence-electron chi connectivity index (χ0n) is 12.8. The molecule has 1 aromatic rings. The van der Waals surface area contributed by atoms with Crippen LogP contribution >= 0.6 is 22.6 Å². The lowest BCUT2D eigenvalue weighted by atomic mass is 10.1. The van der Waals surface area contributed by atoms with E-state index in [1.165, 1.54) is 26.2 Å². The first kappa shape index (κ1) is 19.3. The summed E-state index contributed by atoms with van der Waals surface area (Å²) in [5.74, 6) is -1.08. The number of hydrogen-bond acceptors (Lipinski definition) is 6. The molecular formula is C16H17IO6. The van der Waals surface area contributed by atoms with Crippen LogP contribution in [-0.4, -0.2) is 42.2 Å². The van der Waals surface area contributed by atoms with Crippen molar-refractivity contribution in [1.29, 1.82) is 0 Å². The summed E-state index contributed by atoms with van der Waals surface area (Å²) in [6.45, 7) is 4.90. The van der Waals surface area contributed by atoms with Gasteiger partial charge in [0.1, 0.15) is 19.3 Å². The van der Waals surface area contributed by atoms with Crippen molar-refractivity contribution >= 4 is 38.3 Å². The highest BCUT2D eigenvalue weighted by molar-refractivity contribution is 14.1. The van der Waals surface area contributed by atoms with Gasteiger partial charge in [-0.1, -0.05) is 6.58 Å². The van der Waals surface area contributed by atoms with Crippen LogP contribution in [0.25, 0.3) is 0 Å². The Bertz CT molecular complexity index is 593. The molecule has 6 nitrogen and oxygen atoms in total. The van der Waals surface area contributed by atoms with Crippen LogP contribution in [-0.2, 0) is 19.0 Å². The van der Waals surface area contributed by atoms with Gasteiger partial charge in [0.2, 0.25) is 3.79 Å². The van der Waals surface area contributed by atoms with E-state index >= 15 is 0 Å². The lowest BCUT2D eigenvalue weighted by molar-refractivity contribution is -0.143. The topological polar surface area (TPSA) is 78.9 Å². The summed E-state index contributed by atoms with van der Waals surface area (Å²) in [7, 11) is 1.42. The largest absolute Gasteiger partial charge is 0.459 e. The normalized spacial score (nSPS) is 11.4. The lowest BCUT2D eigenvalue weighted by Gasteiger charge is -2.15. The van der Waals surface area contributed by atoms with Crippen molar-refractivity contribution in [3.05, 3.63) is 47.5 Å². The molecule has 0 bridgehead atoms. The van der Waals surface area contributed by atoms with Gasteiger partial charge in [-0.2, -0.15) is 0 Å². The van der Waals surface area contributed by atoms with Crippen LogP contribution in [0.2, 0.25) is 0 Å². The number of esters is 2. The number of carbonyl (C=O) groups is 3. The van der Waals surface area contributed by atoms with E-state index in [0.29, 0.717) is 11.1 Å². The maximum Gasteiger partial charge on any atom is 0.338 e. The molecule has 1 unspecified atom stereocenters. The Morgan fingerprint density at radius 1 is 1.09 bits per heavy atom. The second kappa shape index (κ2) is 9.41. The quantitative estimate of drug-likeness (QED) is 0.272. The molecule has 0 saturated heterocycles. The van der Waals surface area contributed by atoms with E-state index in [9.17, 15) is 14.4 Å². The van der Waals surface area contributed by atoms with Gasteiger partial charge in [-0.05, 0) is 31.2 Å². The fraction of sp³-hybridized carbons (Fsp3) is 0.312. The number of carbonyl (C=O) groups excluding carboxylic acids is 3. The van der Waals surface area contributed by atoms with Crippen molar-refractivity contribution < 1.29 is 28.6 Å². The molecule has 0 saturated carbocycles. The van der Waals surface area contributed by atoms with Crippen molar-refractivity contribution in [2.75, 3.05) is 20.3 Å². The van der Waals surface area contributed by atoms with E-state index in [2.05, 4.69) is 6.58 Å². The van der Waals surface area contributed by atoms with Crippen molar-refractivity contribution in [2.24, 2.45) is 0 Å². The number of benzene rings is 1. The third-order valence-corrected chi connectivity index (χ3v) is 3.45. The minimum atomic E-state index is -0.572. The molecule has 1 rings (SSSR count). The van der Waals surface area contributed by atoms with E-state index in [1.807, 2.05) is 0 Å². The zero-order chi connectivity index (χ0) is 17.4. The van der Waals surface area contributed by atoms with E-state index in [0.717, 1.165) is 0 Å². The van der Waals surface area contributed by atoms with Crippen LogP contribution in [0.15, 0.2) is 36.4 Å². The van der Waals surface area contributed by atoms with Gasteiger partial charge in [0, 0.05) is 40.8 Å². The minimum Gasteiger partial charge on any atom is -0.459 e. The predicted molar refractivity (Wildman–Crippen MR) is 91.6 cm³/mol. The number of halogens is 1. The first-order chi connectivity index (χ1) is 10.8. The molecule has 0 N–H and O–H groups in total. The monoisotopic (exact) mass is 432 g/mol. The molecule has 0 aliphatic carbocycles. The number of methoxy groups -OCH3 is 1. The van der Waals surface area contributed by atoms with Gasteiger partial charge in [0.25, 0.3) is 0 Å². The van der Waals surface area contributed by atoms with Crippen molar-refractivity contribution in [1.82, 2.24) is 0 Å². The average Bonchev–Trinajstić information content (AvgIpc) is 2.54. The number of ether oxygens (including phenoxy) is 3. The highest BCUT2D eigenvalue weighted by Crippen LogP contribution is 2.10. The molecule has 1 aromatic carbocycles. The molecular weight excluding hydrogens is 415 g/mol. The molecule has 0 heterocycles. The third kappa shape index (κ3) is 6.49. The van der Waals surface area contributed by atoms with E-state index < -0.39 is 18.0 Å². The van der Waals surface area contributed by atoms with Crippen LogP contribution in [0, 0.1) is 0 Å². The van der Waals surface area contributed by atoms with E-state index in [1.54, 1.807) is 34.7 Å². The van der Waals surface area contributed by atoms with E-state index in [4.69, 9.17) is 14.2 Å². The summed E-state index contributed by atoms with van der Waals surface area (Å²) in [4.78, 5) is 34.4. The summed E-state index contributed by atoms with van der Waals surface area (Å²) in [6.07, 6.45) is -0.572. The Hall–Kier alpha value is -1.74. The maximum atomic E-state index is 11.9. The molecule has 1 atom stereocenters. The Morgan fingerprint density at radius 3 is 2.09 bits per heavy atom. The fourth-order valence-corrected chi connectivity index (χ4v) is 1.82. The van der Waals surface area contributed by atoms with Gasteiger partial charge < -0.3 is 14.2 Å². The Balaban J connectivity index is 2.51. The van der Waals surface area contributed by atoms with Gasteiger partial charge in [-0.3, -0.25) is 4.79 Å². The highest BCUT2D eigenvalue weighted by atomic mass is 127. The average molecular weight is 432 g/mol. The lowest BCUT2D eigenvalue weighted by Crippen LogP contribution is -2.27. The molecule has 0 aliphatic rings. The van der Waals surface area contributed by atoms with Crippen LogP contribution < -0.4 is 0 Å². The second-order valence-electron chi connectivity index (χ2n) is 4.69. The summed E-state index contributed by atoms with van der Waals surface area (Å²) in [6, 6.07) is 6.12. The van der Waals surface area contributed by atoms with E-state index in [-0.39, 0.29) is 22.6 Å². The number of hydrogen-bond donors (Lipinski definition) is 0. The molecule has 0 fully saturated rings. The molecule has 0 aromatic heterocycles. The Labute approximate surface area is 147 Å². The van der Waals surface area contributed by atoms with Gasteiger partial charge in [0.05, 0.1) is 5.56 Å². The second-order valence-corrected chi connectivity index (χ2v) is 5.67. The maximum absolute atomic E-state index is 11.9. The highest BCUT2D eigenvalue weighted by Gasteiger charge is 2.15. The van der Waals surface area contributed by atoms with Crippen molar-refractivity contribution in [3.63, 3.8) is 0 Å². The first-order valence-corrected chi connectivity index (χ1v) is 7.75. The standard InChI is InChI=1S/C16H17IO6/c1-10(2)15(19)22-8-13(21-3)9-23-16(20)12-6-4-11(5-7-12)14(17)18/h4-7,13H,1,8-9H2,2-3H3. The minimum absolute atomic E-state index is 0.0439. The van der Waals surface area contributed by atoms with Crippen LogP contribution in [0.3, 0.4) is 0 Å². The zero-order valence-corrected chi connectivity index (χ0v) is 15.0. The summed E-state index contributed by atoms with van der Waals surface area (Å²) in [5, 5.41) is 0. The van der Waals surface area contributed by atoms with Crippen molar-refractivity contribution in [3.8, 4) is 0 Å². The Morgan fingerprint density at radius 2 is 1.61 bits per heavy atom. The van der Waals surface area contributed by atoms with Gasteiger partial charge in [-0.25, -0.2) is 9.59 Å². The summed E-state index contributed by atoms with van der Waals surface area (Å²) in [5.41, 5.74) is 1.10. The van der Waals surface area contributed by atoms with Gasteiger partial charge >= 0.3 is 11.9 Å². The molecule has 23 heavy (non-hydrogen) atoms. The molecule has 0 amide bonds. The molecule has 7 heteroatoms. The first-order valence-electron chi connectivity index (χ1n) is 6.67. The summed E-state index contributed by atoms with van der Waals surface area (Å²) < 4.78 is 15.0. The van der Waals surface area contributed by atoms with Crippen molar-refractivity contribution in [2.45, 2.75) is 13.0 Å². The van der Waals surface area contributed by atoms with Crippen LogP contribution in [0.4, 0.5) is 0 Å². The molecule has 0 radical (unpaired) electrons. The molecule has 0 aliphatic heterocycles. The fourth-order valence-electron chi connectivity index (χ4n) is 1.47. The Kier molecular flexibility index (Phi) is 7.90. The smallest absolute Gasteiger partial charge is 0.338 e. The predicted octanol–water partition coefficient (Wildman–Crippen LogP) is 2.55. The summed E-state index contributed by atoms with van der Waals surface area (Å²) >= 11 is 1.67. The third-order valence-electron chi connectivity index (χ3n) is 2.83. The van der Waals surface area contributed by atoms with Gasteiger partial charge in [-0.15, -0.1) is 0 Å². The van der Waals surface area contributed by atoms with Gasteiger partial charge in [0.15, 0.2) is 0 Å². The van der Waals surface area contributed by atoms with Crippen LogP contribution in [0.5, 0.6) is 0 Å². The SMILES string of the molecule is C=C(C)C(=O)OCC(COC(=O)c1ccc(C(=O)I)cc1)OC. The van der Waals surface area contributed by atoms with Crippen LogP contribution in [0.1, 0.15) is 27.6 Å². The molecule has 124 valence electrons.